The van der Waals surface area contributed by atoms with E-state index in [2.05, 4.69) is 0 Å². The number of aliphatic hydroxyl groups excluding tert-OH is 1. The lowest BCUT2D eigenvalue weighted by Crippen LogP contribution is -2.39. The SMILES string of the molecule is CC(C)N(CCCO)C(=O)CSc1ccc(F)cc1F. The molecule has 0 atom stereocenters. The van der Waals surface area contributed by atoms with Crippen molar-refractivity contribution in [1.82, 2.24) is 4.90 Å². The smallest absolute Gasteiger partial charge is 0.233 e. The van der Waals surface area contributed by atoms with E-state index in [0.29, 0.717) is 13.0 Å². The van der Waals surface area contributed by atoms with Crippen LogP contribution in [0.5, 0.6) is 0 Å². The zero-order valence-electron chi connectivity index (χ0n) is 11.6. The van der Waals surface area contributed by atoms with Gasteiger partial charge in [0.15, 0.2) is 0 Å². The second kappa shape index (κ2) is 8.21. The van der Waals surface area contributed by atoms with E-state index in [1.807, 2.05) is 13.8 Å². The molecule has 0 radical (unpaired) electrons. The van der Waals surface area contributed by atoms with Gasteiger partial charge in [0.05, 0.1) is 5.75 Å². The van der Waals surface area contributed by atoms with Gasteiger partial charge in [-0.25, -0.2) is 8.78 Å². The summed E-state index contributed by atoms with van der Waals surface area (Å²) in [5.74, 6) is -1.33. The molecule has 1 amide bonds. The van der Waals surface area contributed by atoms with Gasteiger partial charge in [0.1, 0.15) is 11.6 Å². The van der Waals surface area contributed by atoms with E-state index in [1.54, 1.807) is 4.90 Å². The fourth-order valence-electron chi connectivity index (χ4n) is 1.73. The Morgan fingerprint density at radius 2 is 2.10 bits per heavy atom. The van der Waals surface area contributed by atoms with Crippen LogP contribution in [0.4, 0.5) is 8.78 Å². The van der Waals surface area contributed by atoms with Crippen LogP contribution in [0, 0.1) is 11.6 Å². The molecular weight excluding hydrogens is 284 g/mol. The normalized spacial score (nSPS) is 10.9. The van der Waals surface area contributed by atoms with E-state index in [0.717, 1.165) is 17.8 Å². The lowest BCUT2D eigenvalue weighted by Gasteiger charge is -2.26. The second-order valence-electron chi connectivity index (χ2n) is 4.62. The highest BCUT2D eigenvalue weighted by Gasteiger charge is 2.17. The Morgan fingerprint density at radius 3 is 2.65 bits per heavy atom. The number of hydrogen-bond acceptors (Lipinski definition) is 3. The van der Waals surface area contributed by atoms with Gasteiger partial charge in [-0.2, -0.15) is 0 Å². The van der Waals surface area contributed by atoms with Crippen LogP contribution in [0.1, 0.15) is 20.3 Å². The van der Waals surface area contributed by atoms with Crippen molar-refractivity contribution in [2.24, 2.45) is 0 Å². The molecule has 1 rings (SSSR count). The molecule has 0 heterocycles. The zero-order valence-corrected chi connectivity index (χ0v) is 12.4. The standard InChI is InChI=1S/C14H19F2NO2S/c1-10(2)17(6-3-7-18)14(19)9-20-13-5-4-11(15)8-12(13)16/h4-5,8,10,18H,3,6-7,9H2,1-2H3. The highest BCUT2D eigenvalue weighted by Crippen LogP contribution is 2.23. The minimum atomic E-state index is -0.658. The quantitative estimate of drug-likeness (QED) is 0.787. The molecule has 1 N–H and O–H groups in total. The number of aliphatic hydroxyl groups is 1. The van der Waals surface area contributed by atoms with Crippen molar-refractivity contribution >= 4 is 17.7 Å². The average Bonchev–Trinajstić information content (AvgIpc) is 2.37. The predicted octanol–water partition coefficient (Wildman–Crippen LogP) is 2.68. The first-order valence-electron chi connectivity index (χ1n) is 6.44. The van der Waals surface area contributed by atoms with Crippen LogP contribution in [-0.2, 0) is 4.79 Å². The van der Waals surface area contributed by atoms with Crippen molar-refractivity contribution in [2.45, 2.75) is 31.2 Å². The molecule has 0 aliphatic carbocycles. The van der Waals surface area contributed by atoms with Crippen molar-refractivity contribution in [3.05, 3.63) is 29.8 Å². The van der Waals surface area contributed by atoms with Gasteiger partial charge in [0.2, 0.25) is 5.91 Å². The topological polar surface area (TPSA) is 40.5 Å². The van der Waals surface area contributed by atoms with Crippen LogP contribution < -0.4 is 0 Å². The lowest BCUT2D eigenvalue weighted by atomic mass is 10.3. The summed E-state index contributed by atoms with van der Waals surface area (Å²) in [7, 11) is 0. The maximum Gasteiger partial charge on any atom is 0.233 e. The van der Waals surface area contributed by atoms with Crippen LogP contribution in [0.2, 0.25) is 0 Å². The monoisotopic (exact) mass is 303 g/mol. The Kier molecular flexibility index (Phi) is 6.95. The molecule has 0 aromatic heterocycles. The molecule has 6 heteroatoms. The number of nitrogens with zero attached hydrogens (tertiary/aromatic N) is 1. The summed E-state index contributed by atoms with van der Waals surface area (Å²) in [5.41, 5.74) is 0. The summed E-state index contributed by atoms with van der Waals surface area (Å²) in [5, 5.41) is 8.82. The number of carbonyl (C=O) groups is 1. The molecule has 0 aliphatic heterocycles. The Hall–Kier alpha value is -1.14. The van der Waals surface area contributed by atoms with Crippen molar-refractivity contribution < 1.29 is 18.7 Å². The Balaban J connectivity index is 2.60. The van der Waals surface area contributed by atoms with Crippen LogP contribution in [0.25, 0.3) is 0 Å². The Morgan fingerprint density at radius 1 is 1.40 bits per heavy atom. The van der Waals surface area contributed by atoms with E-state index in [1.165, 1.54) is 12.1 Å². The summed E-state index contributed by atoms with van der Waals surface area (Å²) in [6.45, 7) is 4.27. The summed E-state index contributed by atoms with van der Waals surface area (Å²) >= 11 is 1.05. The largest absolute Gasteiger partial charge is 0.396 e. The van der Waals surface area contributed by atoms with Crippen molar-refractivity contribution in [3.63, 3.8) is 0 Å². The second-order valence-corrected chi connectivity index (χ2v) is 5.64. The van der Waals surface area contributed by atoms with E-state index in [9.17, 15) is 13.6 Å². The van der Waals surface area contributed by atoms with Gasteiger partial charge in [0, 0.05) is 30.2 Å². The summed E-state index contributed by atoms with van der Waals surface area (Å²) in [6, 6.07) is 3.32. The van der Waals surface area contributed by atoms with Crippen LogP contribution >= 0.6 is 11.8 Å². The first-order valence-corrected chi connectivity index (χ1v) is 7.42. The van der Waals surface area contributed by atoms with Gasteiger partial charge in [-0.05, 0) is 32.4 Å². The summed E-state index contributed by atoms with van der Waals surface area (Å²) in [6.07, 6.45) is 0.513. The minimum absolute atomic E-state index is 0.0210. The molecule has 1 aromatic carbocycles. The highest BCUT2D eigenvalue weighted by atomic mass is 32.2. The molecule has 0 spiro atoms. The van der Waals surface area contributed by atoms with Crippen molar-refractivity contribution in [3.8, 4) is 0 Å². The number of carbonyl (C=O) groups excluding carboxylic acids is 1. The number of thioether (sulfide) groups is 1. The predicted molar refractivity (Wildman–Crippen MR) is 75.6 cm³/mol. The van der Waals surface area contributed by atoms with Gasteiger partial charge in [0.25, 0.3) is 0 Å². The maximum atomic E-state index is 13.4. The third-order valence-electron chi connectivity index (χ3n) is 2.75. The lowest BCUT2D eigenvalue weighted by molar-refractivity contribution is -0.130. The third kappa shape index (κ3) is 5.09. The third-order valence-corrected chi connectivity index (χ3v) is 3.78. The molecular formula is C14H19F2NO2S. The van der Waals surface area contributed by atoms with Crippen molar-refractivity contribution in [2.75, 3.05) is 18.9 Å². The van der Waals surface area contributed by atoms with Gasteiger partial charge < -0.3 is 10.0 Å². The maximum absolute atomic E-state index is 13.4. The fraction of sp³-hybridized carbons (Fsp3) is 0.500. The molecule has 0 saturated heterocycles. The molecule has 20 heavy (non-hydrogen) atoms. The molecule has 0 aliphatic rings. The van der Waals surface area contributed by atoms with E-state index < -0.39 is 11.6 Å². The molecule has 0 unspecified atom stereocenters. The average molecular weight is 303 g/mol. The van der Waals surface area contributed by atoms with Crippen LogP contribution in [0.3, 0.4) is 0 Å². The Labute approximate surface area is 122 Å². The number of amides is 1. The summed E-state index contributed by atoms with van der Waals surface area (Å²) in [4.78, 5) is 14.0. The summed E-state index contributed by atoms with van der Waals surface area (Å²) < 4.78 is 26.2. The highest BCUT2D eigenvalue weighted by molar-refractivity contribution is 8.00. The van der Waals surface area contributed by atoms with Crippen molar-refractivity contribution in [1.29, 1.82) is 0 Å². The van der Waals surface area contributed by atoms with Gasteiger partial charge in [-0.1, -0.05) is 0 Å². The number of rotatable bonds is 7. The first kappa shape index (κ1) is 16.9. The molecule has 0 saturated carbocycles. The molecule has 1 aromatic rings. The van der Waals surface area contributed by atoms with E-state index in [4.69, 9.17) is 5.11 Å². The fourth-order valence-corrected chi connectivity index (χ4v) is 2.53. The van der Waals surface area contributed by atoms with Gasteiger partial charge in [-0.3, -0.25) is 4.79 Å². The van der Waals surface area contributed by atoms with Gasteiger partial charge in [-0.15, -0.1) is 11.8 Å². The van der Waals surface area contributed by atoms with E-state index >= 15 is 0 Å². The number of hydrogen-bond donors (Lipinski definition) is 1. The first-order chi connectivity index (χ1) is 9.45. The molecule has 3 nitrogen and oxygen atoms in total. The molecule has 0 fully saturated rings. The minimum Gasteiger partial charge on any atom is -0.396 e. The van der Waals surface area contributed by atoms with E-state index in [-0.39, 0.29) is 29.2 Å². The zero-order chi connectivity index (χ0) is 15.1. The van der Waals surface area contributed by atoms with Crippen LogP contribution in [0.15, 0.2) is 23.1 Å². The van der Waals surface area contributed by atoms with Gasteiger partial charge >= 0.3 is 0 Å². The number of benzene rings is 1. The Bertz CT molecular complexity index is 455. The molecule has 112 valence electrons. The number of halogens is 2. The molecule has 0 bridgehead atoms. The van der Waals surface area contributed by atoms with Crippen LogP contribution in [-0.4, -0.2) is 40.9 Å².